The standard InChI is InChI=1S/C13H22N2O4S/c1-19-8-10-2-4-14(5-3-10)13(18)15-6-7-20-9-11(15)12(16)17/h10-11H,2-9H2,1H3,(H,16,17). The normalized spacial score (nSPS) is 24.8. The lowest BCUT2D eigenvalue weighted by molar-refractivity contribution is -0.141. The van der Waals surface area contributed by atoms with Crippen LogP contribution in [0.3, 0.4) is 0 Å². The minimum absolute atomic E-state index is 0.117. The lowest BCUT2D eigenvalue weighted by atomic mass is 9.98. The van der Waals surface area contributed by atoms with E-state index in [2.05, 4.69) is 0 Å². The van der Waals surface area contributed by atoms with Crippen molar-refractivity contribution in [3.8, 4) is 0 Å². The molecule has 2 amide bonds. The maximum Gasteiger partial charge on any atom is 0.327 e. The van der Waals surface area contributed by atoms with Crippen LogP contribution in [0.2, 0.25) is 0 Å². The number of carbonyl (C=O) groups is 2. The second-order valence-electron chi connectivity index (χ2n) is 5.29. The third kappa shape index (κ3) is 3.58. The fourth-order valence-electron chi connectivity index (χ4n) is 2.75. The highest BCUT2D eigenvalue weighted by atomic mass is 32.2. The van der Waals surface area contributed by atoms with E-state index in [0.29, 0.717) is 31.3 Å². The van der Waals surface area contributed by atoms with Crippen LogP contribution in [0.4, 0.5) is 4.79 Å². The molecule has 0 aliphatic carbocycles. The maximum atomic E-state index is 12.5. The van der Waals surface area contributed by atoms with Crippen molar-refractivity contribution in [1.82, 2.24) is 9.80 Å². The maximum absolute atomic E-state index is 12.5. The first-order chi connectivity index (χ1) is 9.63. The van der Waals surface area contributed by atoms with E-state index >= 15 is 0 Å². The molecule has 0 spiro atoms. The fraction of sp³-hybridized carbons (Fsp3) is 0.846. The van der Waals surface area contributed by atoms with Crippen molar-refractivity contribution in [1.29, 1.82) is 0 Å². The first kappa shape index (κ1) is 15.4. The minimum atomic E-state index is -0.903. The summed E-state index contributed by atoms with van der Waals surface area (Å²) in [5.41, 5.74) is 0. The molecular weight excluding hydrogens is 280 g/mol. The summed E-state index contributed by atoms with van der Waals surface area (Å²) in [4.78, 5) is 27.0. The van der Waals surface area contributed by atoms with E-state index in [0.717, 1.165) is 25.2 Å². The molecule has 0 bridgehead atoms. The molecule has 0 saturated carbocycles. The molecule has 1 atom stereocenters. The summed E-state index contributed by atoms with van der Waals surface area (Å²) in [7, 11) is 1.69. The number of piperidine rings is 1. The lowest BCUT2D eigenvalue weighted by Gasteiger charge is -2.39. The Labute approximate surface area is 123 Å². The van der Waals surface area contributed by atoms with E-state index in [1.165, 1.54) is 4.90 Å². The summed E-state index contributed by atoms with van der Waals surface area (Å²) in [6.45, 7) is 2.66. The first-order valence-electron chi connectivity index (χ1n) is 6.98. The molecule has 0 radical (unpaired) electrons. The molecule has 0 aromatic rings. The largest absolute Gasteiger partial charge is 0.480 e. The average Bonchev–Trinajstić information content (AvgIpc) is 2.47. The zero-order valence-corrected chi connectivity index (χ0v) is 12.6. The molecule has 114 valence electrons. The van der Waals surface area contributed by atoms with E-state index in [1.54, 1.807) is 23.8 Å². The molecular formula is C13H22N2O4S. The number of ether oxygens (including phenoxy) is 1. The number of methoxy groups -OCH3 is 1. The van der Waals surface area contributed by atoms with Crippen molar-refractivity contribution in [2.45, 2.75) is 18.9 Å². The molecule has 1 N–H and O–H groups in total. The number of hydrogen-bond donors (Lipinski definition) is 1. The third-order valence-electron chi connectivity index (χ3n) is 3.95. The number of nitrogens with zero attached hydrogens (tertiary/aromatic N) is 2. The Morgan fingerprint density at radius 1 is 1.30 bits per heavy atom. The van der Waals surface area contributed by atoms with Crippen LogP contribution >= 0.6 is 11.8 Å². The Kier molecular flexibility index (Phi) is 5.54. The third-order valence-corrected chi connectivity index (χ3v) is 4.97. The smallest absolute Gasteiger partial charge is 0.327 e. The van der Waals surface area contributed by atoms with Gasteiger partial charge in [0.1, 0.15) is 6.04 Å². The molecule has 20 heavy (non-hydrogen) atoms. The van der Waals surface area contributed by atoms with Crippen molar-refractivity contribution in [3.05, 3.63) is 0 Å². The predicted molar refractivity (Wildman–Crippen MR) is 77.0 cm³/mol. The summed E-state index contributed by atoms with van der Waals surface area (Å²) in [5, 5.41) is 9.23. The van der Waals surface area contributed by atoms with Gasteiger partial charge in [-0.2, -0.15) is 11.8 Å². The molecule has 2 heterocycles. The molecule has 7 heteroatoms. The van der Waals surface area contributed by atoms with Gasteiger partial charge in [0.2, 0.25) is 0 Å². The second kappa shape index (κ2) is 7.17. The molecule has 2 fully saturated rings. The molecule has 0 aromatic carbocycles. The van der Waals surface area contributed by atoms with Crippen molar-refractivity contribution >= 4 is 23.8 Å². The minimum Gasteiger partial charge on any atom is -0.480 e. The van der Waals surface area contributed by atoms with E-state index in [9.17, 15) is 14.7 Å². The number of rotatable bonds is 3. The van der Waals surface area contributed by atoms with Crippen LogP contribution in [0, 0.1) is 5.92 Å². The zero-order valence-electron chi connectivity index (χ0n) is 11.8. The molecule has 1 unspecified atom stereocenters. The van der Waals surface area contributed by atoms with Gasteiger partial charge >= 0.3 is 12.0 Å². The van der Waals surface area contributed by atoms with E-state index in [-0.39, 0.29) is 6.03 Å². The summed E-state index contributed by atoms with van der Waals surface area (Å²) in [5.74, 6) is 0.910. The second-order valence-corrected chi connectivity index (χ2v) is 6.44. The number of carboxylic acids is 1. The molecule has 2 rings (SSSR count). The summed E-state index contributed by atoms with van der Waals surface area (Å²) in [6, 6.07) is -0.800. The van der Waals surface area contributed by atoms with Crippen LogP contribution in [0.5, 0.6) is 0 Å². The van der Waals surface area contributed by atoms with Crippen molar-refractivity contribution in [3.63, 3.8) is 0 Å². The Bertz CT molecular complexity index is 358. The van der Waals surface area contributed by atoms with E-state index < -0.39 is 12.0 Å². The van der Waals surface area contributed by atoms with Gasteiger partial charge in [0.05, 0.1) is 0 Å². The van der Waals surface area contributed by atoms with Crippen LogP contribution in [-0.2, 0) is 9.53 Å². The zero-order chi connectivity index (χ0) is 14.5. The van der Waals surface area contributed by atoms with Crippen LogP contribution in [0.15, 0.2) is 0 Å². The summed E-state index contributed by atoms with van der Waals surface area (Å²) < 4.78 is 5.15. The van der Waals surface area contributed by atoms with Crippen LogP contribution in [0.1, 0.15) is 12.8 Å². The number of amides is 2. The van der Waals surface area contributed by atoms with Gasteiger partial charge in [-0.1, -0.05) is 0 Å². The van der Waals surface area contributed by atoms with Gasteiger partial charge in [-0.15, -0.1) is 0 Å². The van der Waals surface area contributed by atoms with Crippen molar-refractivity contribution < 1.29 is 19.4 Å². The number of carbonyl (C=O) groups excluding carboxylic acids is 1. The number of aliphatic carboxylic acids is 1. The van der Waals surface area contributed by atoms with Crippen LogP contribution < -0.4 is 0 Å². The lowest BCUT2D eigenvalue weighted by Crippen LogP contribution is -2.56. The fourth-order valence-corrected chi connectivity index (χ4v) is 3.78. The van der Waals surface area contributed by atoms with Crippen molar-refractivity contribution in [2.75, 3.05) is 44.9 Å². The summed E-state index contributed by atoms with van der Waals surface area (Å²) in [6.07, 6.45) is 1.86. The van der Waals surface area contributed by atoms with Crippen LogP contribution in [-0.4, -0.2) is 77.8 Å². The highest BCUT2D eigenvalue weighted by molar-refractivity contribution is 7.99. The SMILES string of the molecule is COCC1CCN(C(=O)N2CCSCC2C(=O)O)CC1. The van der Waals surface area contributed by atoms with Gasteiger partial charge in [0, 0.05) is 44.9 Å². The number of carboxylic acid groups (broad SMARTS) is 1. The molecule has 6 nitrogen and oxygen atoms in total. The predicted octanol–water partition coefficient (Wildman–Crippen LogP) is 0.967. The molecule has 2 saturated heterocycles. The molecule has 2 aliphatic heterocycles. The Balaban J connectivity index is 1.92. The average molecular weight is 302 g/mol. The van der Waals surface area contributed by atoms with Gasteiger partial charge < -0.3 is 19.6 Å². The van der Waals surface area contributed by atoms with Gasteiger partial charge in [-0.3, -0.25) is 0 Å². The van der Waals surface area contributed by atoms with Gasteiger partial charge in [0.15, 0.2) is 0 Å². The highest BCUT2D eigenvalue weighted by Gasteiger charge is 2.35. The van der Waals surface area contributed by atoms with Gasteiger partial charge in [-0.05, 0) is 18.8 Å². The molecule has 2 aliphatic rings. The Morgan fingerprint density at radius 2 is 2.00 bits per heavy atom. The first-order valence-corrected chi connectivity index (χ1v) is 8.14. The monoisotopic (exact) mass is 302 g/mol. The quantitative estimate of drug-likeness (QED) is 0.841. The number of likely N-dealkylation sites (tertiary alicyclic amines) is 1. The van der Waals surface area contributed by atoms with Gasteiger partial charge in [0.25, 0.3) is 0 Å². The van der Waals surface area contributed by atoms with E-state index in [4.69, 9.17) is 4.74 Å². The van der Waals surface area contributed by atoms with Crippen LogP contribution in [0.25, 0.3) is 0 Å². The van der Waals surface area contributed by atoms with Crippen molar-refractivity contribution in [2.24, 2.45) is 5.92 Å². The van der Waals surface area contributed by atoms with E-state index in [1.807, 2.05) is 0 Å². The van der Waals surface area contributed by atoms with Gasteiger partial charge in [-0.25, -0.2) is 9.59 Å². The topological polar surface area (TPSA) is 70.1 Å². The Hall–Kier alpha value is -0.950. The highest BCUT2D eigenvalue weighted by Crippen LogP contribution is 2.22. The molecule has 0 aromatic heterocycles. The number of thioether (sulfide) groups is 1. The summed E-state index contributed by atoms with van der Waals surface area (Å²) >= 11 is 1.60. The Morgan fingerprint density at radius 3 is 2.60 bits per heavy atom. The number of hydrogen-bond acceptors (Lipinski definition) is 4. The number of urea groups is 1.